The molecule has 19 heavy (non-hydrogen) atoms. The number of aromatic nitrogens is 1. The molecule has 0 radical (unpaired) electrons. The molecule has 1 amide bonds. The molecular weight excluding hydrogens is 266 g/mol. The summed E-state index contributed by atoms with van der Waals surface area (Å²) in [5, 5.41) is 0. The number of hydrogen-bond acceptors (Lipinski definition) is 4. The van der Waals surface area contributed by atoms with E-state index < -0.39 is 6.10 Å². The predicted molar refractivity (Wildman–Crippen MR) is 74.1 cm³/mol. The predicted octanol–water partition coefficient (Wildman–Crippen LogP) is -0.488. The Kier molecular flexibility index (Phi) is 3.96. The van der Waals surface area contributed by atoms with E-state index in [0.717, 1.165) is 0 Å². The van der Waals surface area contributed by atoms with Crippen LogP contribution in [0.25, 0.3) is 0 Å². The Labute approximate surface area is 115 Å². The molecule has 2 rings (SSSR count). The number of nitrogens with two attached hydrogens (primary N) is 1. The molecule has 1 atom stereocenters. The van der Waals surface area contributed by atoms with Crippen LogP contribution in [0.1, 0.15) is 10.4 Å². The Morgan fingerprint density at radius 3 is 2.95 bits per heavy atom. The summed E-state index contributed by atoms with van der Waals surface area (Å²) < 4.78 is 6.78. The van der Waals surface area contributed by atoms with Crippen molar-refractivity contribution in [3.8, 4) is 0 Å². The van der Waals surface area contributed by atoms with Crippen molar-refractivity contribution in [1.29, 1.82) is 0 Å². The van der Waals surface area contributed by atoms with Crippen LogP contribution in [0.15, 0.2) is 23.1 Å². The molecule has 2 N–H and O–H groups in total. The summed E-state index contributed by atoms with van der Waals surface area (Å²) >= 11 is 4.87. The maximum Gasteiger partial charge on any atom is 0.254 e. The van der Waals surface area contributed by atoms with Crippen molar-refractivity contribution < 1.29 is 9.53 Å². The first-order valence-electron chi connectivity index (χ1n) is 5.86. The van der Waals surface area contributed by atoms with Gasteiger partial charge in [0.25, 0.3) is 11.5 Å². The molecule has 0 aromatic carbocycles. The zero-order valence-electron chi connectivity index (χ0n) is 10.5. The van der Waals surface area contributed by atoms with E-state index in [9.17, 15) is 9.59 Å². The van der Waals surface area contributed by atoms with Crippen LogP contribution in [0.5, 0.6) is 0 Å². The molecule has 2 heterocycles. The van der Waals surface area contributed by atoms with Gasteiger partial charge in [0.05, 0.1) is 13.2 Å². The van der Waals surface area contributed by atoms with Gasteiger partial charge >= 0.3 is 0 Å². The normalized spacial score (nSPS) is 19.2. The molecule has 0 aliphatic carbocycles. The molecule has 1 aliphatic heterocycles. The Morgan fingerprint density at radius 2 is 2.32 bits per heavy atom. The minimum absolute atomic E-state index is 0.206. The largest absolute Gasteiger partial charge is 0.391 e. The lowest BCUT2D eigenvalue weighted by Crippen LogP contribution is -2.50. The topological polar surface area (TPSA) is 77.6 Å². The van der Waals surface area contributed by atoms with Crippen LogP contribution >= 0.6 is 12.2 Å². The van der Waals surface area contributed by atoms with E-state index in [4.69, 9.17) is 22.7 Å². The summed E-state index contributed by atoms with van der Waals surface area (Å²) in [7, 11) is 1.63. The fourth-order valence-corrected chi connectivity index (χ4v) is 2.01. The minimum atomic E-state index is -0.417. The van der Waals surface area contributed by atoms with Gasteiger partial charge in [0.1, 0.15) is 11.1 Å². The first-order chi connectivity index (χ1) is 8.99. The van der Waals surface area contributed by atoms with Gasteiger partial charge in [-0.05, 0) is 6.07 Å². The van der Waals surface area contributed by atoms with Crippen LogP contribution in [-0.2, 0) is 11.8 Å². The quantitative estimate of drug-likeness (QED) is 0.740. The van der Waals surface area contributed by atoms with Gasteiger partial charge < -0.3 is 19.9 Å². The molecular formula is C12H15N3O3S. The summed E-state index contributed by atoms with van der Waals surface area (Å²) in [5.41, 5.74) is 5.68. The lowest BCUT2D eigenvalue weighted by atomic mass is 10.2. The minimum Gasteiger partial charge on any atom is -0.391 e. The Bertz CT molecular complexity index is 570. The second-order valence-corrected chi connectivity index (χ2v) is 4.85. The van der Waals surface area contributed by atoms with E-state index in [-0.39, 0.29) is 16.5 Å². The number of nitrogens with zero attached hydrogens (tertiary/aromatic N) is 2. The lowest BCUT2D eigenvalue weighted by Gasteiger charge is -2.32. The van der Waals surface area contributed by atoms with Crippen molar-refractivity contribution in [2.24, 2.45) is 12.8 Å². The molecule has 1 saturated heterocycles. The van der Waals surface area contributed by atoms with Gasteiger partial charge in [-0.3, -0.25) is 9.59 Å². The number of ether oxygens (including phenoxy) is 1. The standard InChI is InChI=1S/C12H15N3O3S/c1-14-3-2-8(6-10(14)16)12(17)15-4-5-18-9(7-15)11(13)19/h2-3,6,9H,4-5,7H2,1H3,(H2,13,19). The van der Waals surface area contributed by atoms with Crippen molar-refractivity contribution in [3.63, 3.8) is 0 Å². The van der Waals surface area contributed by atoms with Gasteiger partial charge in [0, 0.05) is 31.4 Å². The van der Waals surface area contributed by atoms with E-state index in [0.29, 0.717) is 25.3 Å². The second-order valence-electron chi connectivity index (χ2n) is 4.38. The van der Waals surface area contributed by atoms with Crippen molar-refractivity contribution in [1.82, 2.24) is 9.47 Å². The SMILES string of the molecule is Cn1ccc(C(=O)N2CCOC(C(N)=S)C2)cc1=O. The Hall–Kier alpha value is -1.73. The molecule has 1 unspecified atom stereocenters. The van der Waals surface area contributed by atoms with E-state index in [1.165, 1.54) is 10.6 Å². The summed E-state index contributed by atoms with van der Waals surface area (Å²) in [5.74, 6) is -0.206. The second kappa shape index (κ2) is 5.50. The highest BCUT2D eigenvalue weighted by Gasteiger charge is 2.26. The average molecular weight is 281 g/mol. The van der Waals surface area contributed by atoms with Crippen LogP contribution < -0.4 is 11.3 Å². The fourth-order valence-electron chi connectivity index (χ4n) is 1.87. The smallest absolute Gasteiger partial charge is 0.254 e. The van der Waals surface area contributed by atoms with Gasteiger partial charge in [-0.2, -0.15) is 0 Å². The number of carbonyl (C=O) groups is 1. The van der Waals surface area contributed by atoms with Crippen LogP contribution in [0, 0.1) is 0 Å². The monoisotopic (exact) mass is 281 g/mol. The van der Waals surface area contributed by atoms with Crippen molar-refractivity contribution in [2.45, 2.75) is 6.10 Å². The summed E-state index contributed by atoms with van der Waals surface area (Å²) in [6.45, 7) is 1.18. The third-order valence-corrected chi connectivity index (χ3v) is 3.29. The first kappa shape index (κ1) is 13.7. The third kappa shape index (κ3) is 2.99. The molecule has 0 saturated carbocycles. The highest BCUT2D eigenvalue weighted by molar-refractivity contribution is 7.80. The maximum atomic E-state index is 12.3. The Balaban J connectivity index is 2.17. The maximum absolute atomic E-state index is 12.3. The van der Waals surface area contributed by atoms with Gasteiger partial charge in [0.15, 0.2) is 0 Å². The number of amides is 1. The van der Waals surface area contributed by atoms with Gasteiger partial charge in [-0.15, -0.1) is 0 Å². The fraction of sp³-hybridized carbons (Fsp3) is 0.417. The van der Waals surface area contributed by atoms with Crippen LogP contribution in [0.4, 0.5) is 0 Å². The molecule has 0 bridgehead atoms. The molecule has 0 spiro atoms. The van der Waals surface area contributed by atoms with E-state index in [1.54, 1.807) is 24.2 Å². The van der Waals surface area contributed by atoms with Gasteiger partial charge in [-0.25, -0.2) is 0 Å². The molecule has 6 nitrogen and oxygen atoms in total. The molecule has 1 fully saturated rings. The molecule has 1 aliphatic rings. The average Bonchev–Trinajstić information content (AvgIpc) is 2.41. The highest BCUT2D eigenvalue weighted by atomic mass is 32.1. The van der Waals surface area contributed by atoms with Crippen LogP contribution in [-0.4, -0.2) is 46.2 Å². The molecule has 1 aromatic heterocycles. The van der Waals surface area contributed by atoms with Crippen molar-refractivity contribution in [2.75, 3.05) is 19.7 Å². The van der Waals surface area contributed by atoms with E-state index >= 15 is 0 Å². The van der Waals surface area contributed by atoms with E-state index in [2.05, 4.69) is 0 Å². The number of hydrogen-bond donors (Lipinski definition) is 1. The third-order valence-electron chi connectivity index (χ3n) is 3.02. The number of carbonyl (C=O) groups excluding carboxylic acids is 1. The van der Waals surface area contributed by atoms with Gasteiger partial charge in [-0.1, -0.05) is 12.2 Å². The molecule has 102 valence electrons. The number of pyridine rings is 1. The summed E-state index contributed by atoms with van der Waals surface area (Å²) in [4.78, 5) is 25.6. The lowest BCUT2D eigenvalue weighted by molar-refractivity contribution is 0.00877. The van der Waals surface area contributed by atoms with Crippen LogP contribution in [0.3, 0.4) is 0 Å². The van der Waals surface area contributed by atoms with E-state index in [1.807, 2.05) is 0 Å². The zero-order chi connectivity index (χ0) is 14.0. The Morgan fingerprint density at radius 1 is 1.58 bits per heavy atom. The zero-order valence-corrected chi connectivity index (χ0v) is 11.4. The van der Waals surface area contributed by atoms with Crippen molar-refractivity contribution >= 4 is 23.1 Å². The summed E-state index contributed by atoms with van der Waals surface area (Å²) in [6, 6.07) is 2.95. The highest BCUT2D eigenvalue weighted by Crippen LogP contribution is 2.10. The van der Waals surface area contributed by atoms with Crippen LogP contribution in [0.2, 0.25) is 0 Å². The summed E-state index contributed by atoms with van der Waals surface area (Å²) in [6.07, 6.45) is 1.15. The van der Waals surface area contributed by atoms with Crippen molar-refractivity contribution in [3.05, 3.63) is 34.2 Å². The number of thiocarbonyl (C=S) groups is 1. The number of rotatable bonds is 2. The molecule has 7 heteroatoms. The molecule has 1 aromatic rings. The number of aryl methyl sites for hydroxylation is 1. The van der Waals surface area contributed by atoms with Gasteiger partial charge in [0.2, 0.25) is 0 Å². The number of morpholine rings is 1. The first-order valence-corrected chi connectivity index (χ1v) is 6.27.